The number of likely N-dealkylation sites (N-methyl/N-ethyl adjacent to an activating group) is 1. The summed E-state index contributed by atoms with van der Waals surface area (Å²) >= 11 is 7.37. The largest absolute Gasteiger partial charge is 0.495 e. The minimum atomic E-state index is -1.06. The molecular weight excluding hydrogens is 970 g/mol. The van der Waals surface area contributed by atoms with Gasteiger partial charge < -0.3 is 50.4 Å². The van der Waals surface area contributed by atoms with Crippen LogP contribution in [0, 0.1) is 5.92 Å². The summed E-state index contributed by atoms with van der Waals surface area (Å²) in [5, 5.41) is 21.5. The first-order valence-corrected chi connectivity index (χ1v) is 26.3. The number of rotatable bonds is 19. The lowest BCUT2D eigenvalue weighted by Crippen LogP contribution is -2.51. The number of carboxylic acids is 1. The fourth-order valence-corrected chi connectivity index (χ4v) is 8.94. The number of aliphatic hydroxyl groups is 1. The van der Waals surface area contributed by atoms with Gasteiger partial charge in [0.25, 0.3) is 0 Å². The van der Waals surface area contributed by atoms with Crippen molar-refractivity contribution in [2.45, 2.75) is 173 Å². The normalized spacial score (nSPS) is 22.1. The molecule has 410 valence electrons. The molecule has 4 fully saturated rings. The number of nitrogens with two attached hydrogens (primary N) is 1. The van der Waals surface area contributed by atoms with Gasteiger partial charge in [0.2, 0.25) is 29.5 Å². The number of ether oxygens (including phenoxy) is 4. The van der Waals surface area contributed by atoms with Crippen LogP contribution in [-0.2, 0) is 49.4 Å². The number of methoxy groups -OCH3 is 2. The van der Waals surface area contributed by atoms with E-state index in [1.807, 2.05) is 57.2 Å². The number of hydrogen-bond acceptors (Lipinski definition) is 13. The zero-order valence-electron chi connectivity index (χ0n) is 45.0. The number of nitrogens with one attached hydrogen (secondary N) is 2. The highest BCUT2D eigenvalue weighted by molar-refractivity contribution is 8.00. The van der Waals surface area contributed by atoms with E-state index in [2.05, 4.69) is 31.4 Å². The lowest BCUT2D eigenvalue weighted by molar-refractivity contribution is -0.148. The molecule has 7 atom stereocenters. The maximum Gasteiger partial charge on any atom is 0.407 e. The average molecular weight is 1060 g/mol. The Morgan fingerprint density at radius 3 is 2.24 bits per heavy atom. The van der Waals surface area contributed by atoms with Crippen LogP contribution >= 0.6 is 23.4 Å². The van der Waals surface area contributed by atoms with Crippen molar-refractivity contribution in [3.8, 4) is 5.75 Å². The number of benzene rings is 1. The van der Waals surface area contributed by atoms with Gasteiger partial charge in [0.1, 0.15) is 17.9 Å². The summed E-state index contributed by atoms with van der Waals surface area (Å²) in [6.45, 7) is 13.7. The van der Waals surface area contributed by atoms with Gasteiger partial charge in [0, 0.05) is 79.1 Å². The standard InChI is InChI=1S/C27H37ClN2O6.C12H18N2O5S.C7H13NO.C3H8.C2H6.CH4O/c1-17(13-18-9-10-20(28)23(14-18)34-5)7-6-8-22(33-4)21-15-19(35-26(32)30-21)16-24-27(2,36-24)12-11-25(31)29-3;1-7(12(18)19)13(2)9(15)4-5-20-8-6-10(16)14(3)11(8)17;8-7(9)6-4-2-1-3-5-6;1-3-2;2*1-2/h6-10,14,19,21-22,24H,11-13,15-16H2,1-5H3,(H,29,31)(H,30,32);7-8H,4-6H2,1-3H3,(H,18,19);6H,1-5H2,(H2,8,9);3H2,1-2H3;1-2H3;2H,1H3/b8-6+,17-7+;;;;;/t19-,21?,22+,24?,27?;7-,8?;;;;/m00..../s1. The zero-order chi connectivity index (χ0) is 55.1. The smallest absolute Gasteiger partial charge is 0.407 e. The van der Waals surface area contributed by atoms with Crippen molar-refractivity contribution in [3.63, 3.8) is 0 Å². The van der Waals surface area contributed by atoms with E-state index in [-0.39, 0.29) is 78.3 Å². The van der Waals surface area contributed by atoms with Crippen LogP contribution < -0.4 is 21.1 Å². The molecule has 1 aliphatic carbocycles. The molecule has 0 aromatic heterocycles. The molecule has 6 N–H and O–H groups in total. The lowest BCUT2D eigenvalue weighted by Gasteiger charge is -2.33. The number of aliphatic hydroxyl groups excluding tert-OH is 1. The number of amides is 6. The maximum atomic E-state index is 12.2. The molecule has 3 saturated heterocycles. The number of carboxylic acid groups (broad SMARTS) is 1. The van der Waals surface area contributed by atoms with Crippen molar-refractivity contribution >= 4 is 65.0 Å². The number of epoxide rings is 1. The van der Waals surface area contributed by atoms with E-state index in [1.54, 1.807) is 21.3 Å². The fraction of sp³-hybridized carbons (Fsp3) is 0.673. The third-order valence-corrected chi connectivity index (χ3v) is 13.6. The molecule has 0 bridgehead atoms. The van der Waals surface area contributed by atoms with E-state index in [9.17, 15) is 33.6 Å². The number of carbonyl (C=O) groups is 7. The molecule has 0 spiro atoms. The van der Waals surface area contributed by atoms with Gasteiger partial charge >= 0.3 is 12.1 Å². The highest BCUT2D eigenvalue weighted by Gasteiger charge is 2.53. The number of aliphatic carboxylic acids is 1. The number of likely N-dealkylation sites (tertiary alicyclic amines) is 1. The summed E-state index contributed by atoms with van der Waals surface area (Å²) in [5.74, 6) is -0.684. The summed E-state index contributed by atoms with van der Waals surface area (Å²) < 4.78 is 22.3. The van der Waals surface area contributed by atoms with Crippen molar-refractivity contribution in [2.75, 3.05) is 48.2 Å². The van der Waals surface area contributed by atoms with Gasteiger partial charge in [-0.3, -0.25) is 28.9 Å². The first kappa shape index (κ1) is 67.3. The van der Waals surface area contributed by atoms with Gasteiger partial charge in [-0.25, -0.2) is 9.59 Å². The van der Waals surface area contributed by atoms with Crippen LogP contribution in [0.5, 0.6) is 5.75 Å². The number of nitrogens with zero attached hydrogens (tertiary/aromatic N) is 2. The summed E-state index contributed by atoms with van der Waals surface area (Å²) in [6, 6.07) is 4.65. The number of imide groups is 1. The Labute approximate surface area is 437 Å². The number of primary amides is 1. The number of halogens is 1. The molecule has 1 saturated carbocycles. The third-order valence-electron chi connectivity index (χ3n) is 12.1. The van der Waals surface area contributed by atoms with Crippen LogP contribution in [0.15, 0.2) is 42.0 Å². The number of thioether (sulfide) groups is 1. The fourth-order valence-electron chi connectivity index (χ4n) is 7.61. The van der Waals surface area contributed by atoms with Crippen LogP contribution in [0.3, 0.4) is 0 Å². The van der Waals surface area contributed by atoms with E-state index in [0.717, 1.165) is 47.3 Å². The molecule has 5 rings (SSSR count). The Morgan fingerprint density at radius 1 is 1.10 bits per heavy atom. The van der Waals surface area contributed by atoms with Crippen molar-refractivity contribution < 1.29 is 62.7 Å². The second-order valence-corrected chi connectivity index (χ2v) is 19.4. The SMILES string of the molecule is CC.CCC.CNC(=O)CCC1(C)OC1C[C@@H]1CC([C@@H](/C=C/C=C(\C)Cc2ccc(Cl)c(OC)c2)OC)NC(=O)O1.CO.C[C@@H](C(=O)O)N(C)C(=O)CCSC1CC(=O)N(C)C1=O.NC(=O)C1CCCCC1. The molecule has 1 aromatic carbocycles. The van der Waals surface area contributed by atoms with Gasteiger partial charge in [0.15, 0.2) is 0 Å². The topological polar surface area (TPSA) is 257 Å². The third kappa shape index (κ3) is 24.4. The zero-order valence-corrected chi connectivity index (χ0v) is 46.6. The first-order valence-electron chi connectivity index (χ1n) is 24.8. The minimum absolute atomic E-state index is 0.00858. The molecule has 1 aromatic rings. The van der Waals surface area contributed by atoms with Crippen LogP contribution in [0.25, 0.3) is 0 Å². The van der Waals surface area contributed by atoms with Gasteiger partial charge in [0.05, 0.1) is 41.2 Å². The highest BCUT2D eigenvalue weighted by atomic mass is 35.5. The van der Waals surface area contributed by atoms with Crippen molar-refractivity contribution in [1.29, 1.82) is 0 Å². The van der Waals surface area contributed by atoms with E-state index < -0.39 is 23.4 Å². The molecular formula is C52H86ClN5O13S. The van der Waals surface area contributed by atoms with Crippen molar-refractivity contribution in [1.82, 2.24) is 20.4 Å². The Hall–Kier alpha value is -4.69. The number of carbonyl (C=O) groups excluding carboxylic acids is 6. The number of allylic oxidation sites excluding steroid dienone is 3. The summed E-state index contributed by atoms with van der Waals surface area (Å²) in [7, 11) is 8.73. The number of hydrogen-bond donors (Lipinski definition) is 5. The highest BCUT2D eigenvalue weighted by Crippen LogP contribution is 2.44. The predicted octanol–water partition coefficient (Wildman–Crippen LogP) is 7.25. The molecule has 18 nitrogen and oxygen atoms in total. The van der Waals surface area contributed by atoms with Crippen LogP contribution in [0.4, 0.5) is 4.79 Å². The molecule has 0 radical (unpaired) electrons. The number of cyclic esters (lactones) is 1. The monoisotopic (exact) mass is 1060 g/mol. The summed E-state index contributed by atoms with van der Waals surface area (Å²) in [5.41, 5.74) is 7.03. The van der Waals surface area contributed by atoms with E-state index >= 15 is 0 Å². The van der Waals surface area contributed by atoms with Crippen LogP contribution in [0.1, 0.15) is 131 Å². The molecule has 20 heteroatoms. The molecule has 4 aliphatic rings. The summed E-state index contributed by atoms with van der Waals surface area (Å²) in [6.07, 6.45) is 15.1. The minimum Gasteiger partial charge on any atom is -0.495 e. The molecule has 4 unspecified atom stereocenters. The molecule has 6 amide bonds. The Kier molecular flexibility index (Phi) is 33.9. The molecule has 3 heterocycles. The Morgan fingerprint density at radius 2 is 1.72 bits per heavy atom. The average Bonchev–Trinajstić information content (AvgIpc) is 3.94. The second-order valence-electron chi connectivity index (χ2n) is 17.7. The summed E-state index contributed by atoms with van der Waals surface area (Å²) in [4.78, 5) is 82.1. The lowest BCUT2D eigenvalue weighted by atomic mass is 9.89. The predicted molar refractivity (Wildman–Crippen MR) is 283 cm³/mol. The van der Waals surface area contributed by atoms with Crippen LogP contribution in [-0.4, -0.2) is 151 Å². The number of alkyl carbamates (subject to hydrolysis) is 1. The van der Waals surface area contributed by atoms with E-state index in [4.69, 9.17) is 46.5 Å². The molecule has 72 heavy (non-hydrogen) atoms. The van der Waals surface area contributed by atoms with Gasteiger partial charge in [-0.15, -0.1) is 11.8 Å². The van der Waals surface area contributed by atoms with Crippen LogP contribution in [0.2, 0.25) is 5.02 Å². The van der Waals surface area contributed by atoms with Gasteiger partial charge in [-0.2, -0.15) is 0 Å². The quantitative estimate of drug-likeness (QED) is 0.0520. The van der Waals surface area contributed by atoms with Gasteiger partial charge in [-0.1, -0.05) is 94.8 Å². The van der Waals surface area contributed by atoms with Crippen molar-refractivity contribution in [3.05, 3.63) is 52.6 Å². The Bertz CT molecular complexity index is 1920. The van der Waals surface area contributed by atoms with E-state index in [0.29, 0.717) is 42.2 Å². The molecule has 3 aliphatic heterocycles. The Balaban J connectivity index is 0.00000116. The first-order chi connectivity index (χ1) is 34.1. The van der Waals surface area contributed by atoms with Crippen molar-refractivity contribution in [2.24, 2.45) is 11.7 Å². The maximum absolute atomic E-state index is 12.2. The van der Waals surface area contributed by atoms with E-state index in [1.165, 1.54) is 58.5 Å². The second kappa shape index (κ2) is 36.3. The van der Waals surface area contributed by atoms with Gasteiger partial charge in [-0.05, 0) is 64.2 Å².